The second-order valence-corrected chi connectivity index (χ2v) is 6.65. The number of benzene rings is 2. The van der Waals surface area contributed by atoms with E-state index in [-0.39, 0.29) is 23.9 Å². The van der Waals surface area contributed by atoms with Crippen molar-refractivity contribution in [3.05, 3.63) is 69.3 Å². The summed E-state index contributed by atoms with van der Waals surface area (Å²) in [6, 6.07) is 13.1. The van der Waals surface area contributed by atoms with Crippen molar-refractivity contribution >= 4 is 17.7 Å². The third kappa shape index (κ3) is 6.34. The zero-order chi connectivity index (χ0) is 22.1. The number of amides is 1. The van der Waals surface area contributed by atoms with Gasteiger partial charge >= 0.3 is 0 Å². The fourth-order valence-corrected chi connectivity index (χ4v) is 2.58. The lowest BCUT2D eigenvalue weighted by atomic mass is 10.1. The van der Waals surface area contributed by atoms with Gasteiger partial charge in [-0.3, -0.25) is 14.9 Å². The van der Waals surface area contributed by atoms with Crippen LogP contribution in [0, 0.1) is 21.4 Å². The average molecular weight is 409 g/mol. The highest BCUT2D eigenvalue weighted by Crippen LogP contribution is 2.30. The van der Waals surface area contributed by atoms with Gasteiger partial charge < -0.3 is 14.8 Å². The minimum atomic E-state index is -0.460. The van der Waals surface area contributed by atoms with Crippen LogP contribution in [-0.2, 0) is 11.4 Å². The fraction of sp³-hybridized carbons (Fsp3) is 0.273. The SMILES string of the molecule is CCOc1cc(/C=C(/C#N)C(=O)NC(C)C)ccc1OCc1cccc([N+](=O)[O-])c1. The number of rotatable bonds is 9. The summed E-state index contributed by atoms with van der Waals surface area (Å²) in [7, 11) is 0. The molecule has 0 spiro atoms. The van der Waals surface area contributed by atoms with Crippen molar-refractivity contribution in [1.29, 1.82) is 5.26 Å². The predicted molar refractivity (Wildman–Crippen MR) is 112 cm³/mol. The number of nitrogens with one attached hydrogen (secondary N) is 1. The Morgan fingerprint density at radius 1 is 1.23 bits per heavy atom. The Morgan fingerprint density at radius 3 is 2.63 bits per heavy atom. The third-order valence-electron chi connectivity index (χ3n) is 3.88. The van der Waals surface area contributed by atoms with Crippen LogP contribution in [0.25, 0.3) is 6.08 Å². The number of hydrogen-bond donors (Lipinski definition) is 1. The van der Waals surface area contributed by atoms with Gasteiger partial charge in [-0.25, -0.2) is 0 Å². The van der Waals surface area contributed by atoms with E-state index in [1.807, 2.05) is 26.8 Å². The Bertz CT molecular complexity index is 993. The Balaban J connectivity index is 2.23. The van der Waals surface area contributed by atoms with Gasteiger partial charge in [0.2, 0.25) is 0 Å². The first-order valence-electron chi connectivity index (χ1n) is 9.39. The van der Waals surface area contributed by atoms with Crippen molar-refractivity contribution in [2.24, 2.45) is 0 Å². The van der Waals surface area contributed by atoms with Gasteiger partial charge in [-0.15, -0.1) is 0 Å². The van der Waals surface area contributed by atoms with Crippen LogP contribution in [0.4, 0.5) is 5.69 Å². The second-order valence-electron chi connectivity index (χ2n) is 6.65. The number of hydrogen-bond acceptors (Lipinski definition) is 6. The molecule has 2 rings (SSSR count). The van der Waals surface area contributed by atoms with Gasteiger partial charge in [-0.2, -0.15) is 5.26 Å². The molecule has 0 atom stereocenters. The van der Waals surface area contributed by atoms with Gasteiger partial charge in [0.15, 0.2) is 11.5 Å². The van der Waals surface area contributed by atoms with E-state index in [4.69, 9.17) is 9.47 Å². The summed E-state index contributed by atoms with van der Waals surface area (Å²) in [5.74, 6) is 0.445. The highest BCUT2D eigenvalue weighted by Gasteiger charge is 2.12. The maximum atomic E-state index is 12.1. The first-order chi connectivity index (χ1) is 14.3. The molecule has 0 radical (unpaired) electrons. The first kappa shape index (κ1) is 22.4. The zero-order valence-corrected chi connectivity index (χ0v) is 17.0. The maximum Gasteiger partial charge on any atom is 0.269 e. The smallest absolute Gasteiger partial charge is 0.269 e. The minimum Gasteiger partial charge on any atom is -0.490 e. The van der Waals surface area contributed by atoms with Crippen molar-refractivity contribution in [2.45, 2.75) is 33.4 Å². The van der Waals surface area contributed by atoms with Gasteiger partial charge in [0.05, 0.1) is 11.5 Å². The number of ether oxygens (including phenoxy) is 2. The van der Waals surface area contributed by atoms with E-state index in [2.05, 4.69) is 5.32 Å². The highest BCUT2D eigenvalue weighted by atomic mass is 16.6. The summed E-state index contributed by atoms with van der Waals surface area (Å²) < 4.78 is 11.4. The van der Waals surface area contributed by atoms with Gasteiger partial charge in [0, 0.05) is 18.2 Å². The van der Waals surface area contributed by atoms with E-state index in [9.17, 15) is 20.2 Å². The van der Waals surface area contributed by atoms with Crippen LogP contribution >= 0.6 is 0 Å². The molecule has 0 aromatic heterocycles. The fourth-order valence-electron chi connectivity index (χ4n) is 2.58. The van der Waals surface area contributed by atoms with Crippen LogP contribution in [0.1, 0.15) is 31.9 Å². The van der Waals surface area contributed by atoms with Gasteiger partial charge in [-0.05, 0) is 50.1 Å². The van der Waals surface area contributed by atoms with E-state index < -0.39 is 10.8 Å². The Labute approximate surface area is 174 Å². The lowest BCUT2D eigenvalue weighted by Gasteiger charge is -2.13. The number of nitro benzene ring substituents is 1. The zero-order valence-electron chi connectivity index (χ0n) is 17.0. The van der Waals surface area contributed by atoms with Crippen molar-refractivity contribution in [3.8, 4) is 17.6 Å². The normalized spacial score (nSPS) is 11.0. The van der Waals surface area contributed by atoms with Crippen molar-refractivity contribution < 1.29 is 19.2 Å². The molecule has 2 aromatic rings. The second kappa shape index (κ2) is 10.6. The molecular formula is C22H23N3O5. The van der Waals surface area contributed by atoms with Crippen LogP contribution in [0.3, 0.4) is 0 Å². The van der Waals surface area contributed by atoms with E-state index in [0.29, 0.717) is 29.2 Å². The number of carbonyl (C=O) groups is 1. The van der Waals surface area contributed by atoms with E-state index >= 15 is 0 Å². The Morgan fingerprint density at radius 2 is 2.00 bits per heavy atom. The van der Waals surface area contributed by atoms with Crippen LogP contribution in [-0.4, -0.2) is 23.5 Å². The lowest BCUT2D eigenvalue weighted by Crippen LogP contribution is -2.30. The molecule has 0 fully saturated rings. The van der Waals surface area contributed by atoms with Crippen molar-refractivity contribution in [1.82, 2.24) is 5.32 Å². The molecule has 8 nitrogen and oxygen atoms in total. The van der Waals surface area contributed by atoms with Crippen molar-refractivity contribution in [2.75, 3.05) is 6.61 Å². The molecule has 0 saturated carbocycles. The summed E-state index contributed by atoms with van der Waals surface area (Å²) in [4.78, 5) is 22.5. The lowest BCUT2D eigenvalue weighted by molar-refractivity contribution is -0.384. The van der Waals surface area contributed by atoms with Crippen LogP contribution in [0.15, 0.2) is 48.0 Å². The van der Waals surface area contributed by atoms with Crippen molar-refractivity contribution in [3.63, 3.8) is 0 Å². The van der Waals surface area contributed by atoms with Gasteiger partial charge in [0.1, 0.15) is 18.2 Å². The summed E-state index contributed by atoms with van der Waals surface area (Å²) in [5.41, 5.74) is 1.23. The molecule has 0 aliphatic heterocycles. The molecule has 8 heteroatoms. The van der Waals surface area contributed by atoms with Crippen LogP contribution in [0.2, 0.25) is 0 Å². The Kier molecular flexibility index (Phi) is 7.94. The summed E-state index contributed by atoms with van der Waals surface area (Å²) in [6.07, 6.45) is 1.48. The van der Waals surface area contributed by atoms with Crippen LogP contribution < -0.4 is 14.8 Å². The summed E-state index contributed by atoms with van der Waals surface area (Å²) >= 11 is 0. The van der Waals surface area contributed by atoms with E-state index in [0.717, 1.165) is 0 Å². The Hall–Kier alpha value is -3.86. The molecule has 1 amide bonds. The molecule has 156 valence electrons. The molecule has 0 bridgehead atoms. The molecule has 0 heterocycles. The molecular weight excluding hydrogens is 386 g/mol. The largest absolute Gasteiger partial charge is 0.490 e. The highest BCUT2D eigenvalue weighted by molar-refractivity contribution is 6.01. The molecule has 0 aliphatic rings. The quantitative estimate of drug-likeness (QED) is 0.290. The van der Waals surface area contributed by atoms with Crippen LogP contribution in [0.5, 0.6) is 11.5 Å². The monoisotopic (exact) mass is 409 g/mol. The molecule has 2 aromatic carbocycles. The molecule has 1 N–H and O–H groups in total. The number of nitrogens with zero attached hydrogens (tertiary/aromatic N) is 2. The number of non-ortho nitro benzene ring substituents is 1. The number of nitro groups is 1. The first-order valence-corrected chi connectivity index (χ1v) is 9.39. The number of carbonyl (C=O) groups excluding carboxylic acids is 1. The van der Waals surface area contributed by atoms with Gasteiger partial charge in [-0.1, -0.05) is 18.2 Å². The summed E-state index contributed by atoms with van der Waals surface area (Å²) in [5, 5.41) is 22.9. The summed E-state index contributed by atoms with van der Waals surface area (Å²) in [6.45, 7) is 5.96. The minimum absolute atomic E-state index is 0.00896. The number of nitriles is 1. The third-order valence-corrected chi connectivity index (χ3v) is 3.88. The van der Waals surface area contributed by atoms with E-state index in [1.165, 1.54) is 18.2 Å². The van der Waals surface area contributed by atoms with E-state index in [1.54, 1.807) is 30.3 Å². The van der Waals surface area contributed by atoms with Gasteiger partial charge in [0.25, 0.3) is 11.6 Å². The molecule has 0 saturated heterocycles. The predicted octanol–water partition coefficient (Wildman–Crippen LogP) is 4.00. The molecule has 30 heavy (non-hydrogen) atoms. The maximum absolute atomic E-state index is 12.1. The average Bonchev–Trinajstić information content (AvgIpc) is 2.71. The standard InChI is InChI=1S/C22H23N3O5/c1-4-29-21-12-16(10-18(13-23)22(26)24-15(2)3)8-9-20(21)30-14-17-6-5-7-19(11-17)25(27)28/h5-12,15H,4,14H2,1-3H3,(H,24,26)/b18-10-. The topological polar surface area (TPSA) is 114 Å². The molecule has 0 unspecified atom stereocenters. The molecule has 0 aliphatic carbocycles.